The summed E-state index contributed by atoms with van der Waals surface area (Å²) < 4.78 is 49.5. The van der Waals surface area contributed by atoms with Crippen LogP contribution in [0.2, 0.25) is 15.1 Å². The summed E-state index contributed by atoms with van der Waals surface area (Å²) in [5.74, 6) is -0.136. The predicted molar refractivity (Wildman–Crippen MR) is 137 cm³/mol. The summed E-state index contributed by atoms with van der Waals surface area (Å²) in [4.78, 5) is 4.23. The highest BCUT2D eigenvalue weighted by molar-refractivity contribution is 6.42. The SMILES string of the molecule is Cc1nc([C@@H]2O[C@H](CO)[C@H](O)[C@H](n3cc(-c4ccc(Cl)c(Cl)c4)nn3)[C@H]2O)n(-c2cc(Cl)ccc2C(F)(F)F)n1. The quantitative estimate of drug-likeness (QED) is 0.303. The molecule has 0 amide bonds. The summed E-state index contributed by atoms with van der Waals surface area (Å²) in [7, 11) is 0. The van der Waals surface area contributed by atoms with Crippen LogP contribution in [0.4, 0.5) is 13.2 Å². The number of ether oxygens (including phenoxy) is 1. The lowest BCUT2D eigenvalue weighted by atomic mass is 9.92. The molecule has 3 heterocycles. The summed E-state index contributed by atoms with van der Waals surface area (Å²) in [6.45, 7) is 0.761. The van der Waals surface area contributed by atoms with E-state index < -0.39 is 54.5 Å². The molecule has 3 N–H and O–H groups in total. The number of nitrogens with zero attached hydrogens (tertiary/aromatic N) is 6. The number of alkyl halides is 3. The zero-order chi connectivity index (χ0) is 28.9. The van der Waals surface area contributed by atoms with Gasteiger partial charge in [-0.15, -0.1) is 5.10 Å². The minimum atomic E-state index is -4.77. The van der Waals surface area contributed by atoms with E-state index >= 15 is 0 Å². The van der Waals surface area contributed by atoms with Gasteiger partial charge in [-0.05, 0) is 37.3 Å². The van der Waals surface area contributed by atoms with Gasteiger partial charge in [0.1, 0.15) is 42.0 Å². The van der Waals surface area contributed by atoms with Gasteiger partial charge in [0.15, 0.2) is 5.82 Å². The maximum atomic E-state index is 13.9. The second-order valence-corrected chi connectivity index (χ2v) is 10.3. The molecule has 4 aromatic rings. The number of aromatic nitrogens is 6. The molecule has 5 rings (SSSR count). The fourth-order valence-corrected chi connectivity index (χ4v) is 5.02. The van der Waals surface area contributed by atoms with Crippen molar-refractivity contribution in [2.75, 3.05) is 6.61 Å². The van der Waals surface area contributed by atoms with E-state index in [0.29, 0.717) is 16.3 Å². The molecular formula is C24H20Cl3F3N6O4. The highest BCUT2D eigenvalue weighted by Crippen LogP contribution is 2.41. The molecule has 40 heavy (non-hydrogen) atoms. The summed E-state index contributed by atoms with van der Waals surface area (Å²) in [5.41, 5.74) is -0.624. The molecule has 0 saturated carbocycles. The molecule has 5 atom stereocenters. The minimum absolute atomic E-state index is 0.00574. The van der Waals surface area contributed by atoms with Crippen molar-refractivity contribution >= 4 is 34.8 Å². The van der Waals surface area contributed by atoms with Crippen molar-refractivity contribution in [3.63, 3.8) is 0 Å². The molecule has 16 heteroatoms. The Morgan fingerprint density at radius 1 is 1.02 bits per heavy atom. The van der Waals surface area contributed by atoms with E-state index in [9.17, 15) is 28.5 Å². The van der Waals surface area contributed by atoms with Crippen LogP contribution in [0.5, 0.6) is 0 Å². The van der Waals surface area contributed by atoms with Gasteiger partial charge in [-0.1, -0.05) is 46.1 Å². The fourth-order valence-electron chi connectivity index (χ4n) is 4.55. The molecule has 2 aromatic carbocycles. The Hall–Kier alpha value is -2.78. The van der Waals surface area contributed by atoms with E-state index in [2.05, 4.69) is 20.4 Å². The molecular weight excluding hydrogens is 600 g/mol. The van der Waals surface area contributed by atoms with E-state index in [-0.39, 0.29) is 21.7 Å². The molecule has 1 saturated heterocycles. The van der Waals surface area contributed by atoms with Crippen LogP contribution in [-0.2, 0) is 10.9 Å². The molecule has 1 aliphatic heterocycles. The van der Waals surface area contributed by atoms with Crippen molar-refractivity contribution in [3.05, 3.63) is 74.9 Å². The van der Waals surface area contributed by atoms with Crippen LogP contribution in [0, 0.1) is 6.92 Å². The molecule has 0 bridgehead atoms. The largest absolute Gasteiger partial charge is 0.418 e. The van der Waals surface area contributed by atoms with Gasteiger partial charge >= 0.3 is 6.18 Å². The minimum Gasteiger partial charge on any atom is -0.394 e. The van der Waals surface area contributed by atoms with E-state index in [1.807, 2.05) is 0 Å². The van der Waals surface area contributed by atoms with Gasteiger partial charge in [0.05, 0.1) is 34.1 Å². The Morgan fingerprint density at radius 3 is 2.45 bits per heavy atom. The first-order valence-corrected chi connectivity index (χ1v) is 12.8. The highest BCUT2D eigenvalue weighted by Gasteiger charge is 2.49. The number of hydrogen-bond acceptors (Lipinski definition) is 8. The first-order chi connectivity index (χ1) is 18.9. The number of aliphatic hydroxyl groups is 3. The number of benzene rings is 2. The number of rotatable bonds is 5. The highest BCUT2D eigenvalue weighted by atomic mass is 35.5. The second-order valence-electron chi connectivity index (χ2n) is 9.05. The molecule has 1 fully saturated rings. The molecule has 0 spiro atoms. The van der Waals surface area contributed by atoms with Crippen LogP contribution in [0.15, 0.2) is 42.6 Å². The number of hydrogen-bond donors (Lipinski definition) is 3. The average molecular weight is 620 g/mol. The average Bonchev–Trinajstić information content (AvgIpc) is 3.52. The molecule has 10 nitrogen and oxygen atoms in total. The van der Waals surface area contributed by atoms with Gasteiger partial charge < -0.3 is 20.1 Å². The Morgan fingerprint density at radius 2 is 1.77 bits per heavy atom. The number of aliphatic hydroxyl groups excluding tert-OH is 3. The molecule has 212 valence electrons. The Labute approximate surface area is 239 Å². The topological polar surface area (TPSA) is 131 Å². The van der Waals surface area contributed by atoms with Crippen LogP contribution >= 0.6 is 34.8 Å². The van der Waals surface area contributed by atoms with E-state index in [4.69, 9.17) is 39.5 Å². The van der Waals surface area contributed by atoms with Crippen molar-refractivity contribution in [2.45, 2.75) is 43.6 Å². The van der Waals surface area contributed by atoms with Crippen LogP contribution < -0.4 is 0 Å². The molecule has 0 radical (unpaired) electrons. The second kappa shape index (κ2) is 10.9. The lowest BCUT2D eigenvalue weighted by Crippen LogP contribution is -2.53. The Bertz CT molecular complexity index is 1550. The number of halogens is 6. The fraction of sp³-hybridized carbons (Fsp3) is 0.333. The zero-order valence-electron chi connectivity index (χ0n) is 20.3. The smallest absolute Gasteiger partial charge is 0.394 e. The van der Waals surface area contributed by atoms with Crippen molar-refractivity contribution in [2.24, 2.45) is 0 Å². The van der Waals surface area contributed by atoms with Crippen LogP contribution in [-0.4, -0.2) is 70.0 Å². The van der Waals surface area contributed by atoms with E-state index in [1.54, 1.807) is 18.2 Å². The van der Waals surface area contributed by atoms with E-state index in [0.717, 1.165) is 22.9 Å². The lowest BCUT2D eigenvalue weighted by molar-refractivity contribution is -0.210. The Kier molecular flexibility index (Phi) is 7.83. The summed E-state index contributed by atoms with van der Waals surface area (Å²) in [5, 5.41) is 45.2. The van der Waals surface area contributed by atoms with Gasteiger partial charge in [-0.3, -0.25) is 0 Å². The third-order valence-electron chi connectivity index (χ3n) is 6.41. The summed E-state index contributed by atoms with van der Waals surface area (Å²) in [6, 6.07) is 6.47. The predicted octanol–water partition coefficient (Wildman–Crippen LogP) is 4.21. The third kappa shape index (κ3) is 5.30. The van der Waals surface area contributed by atoms with Crippen LogP contribution in [0.25, 0.3) is 16.9 Å². The first kappa shape index (κ1) is 28.7. The Balaban J connectivity index is 1.58. The molecule has 2 aromatic heterocycles. The van der Waals surface area contributed by atoms with Gasteiger partial charge in [0.2, 0.25) is 0 Å². The van der Waals surface area contributed by atoms with Gasteiger partial charge in [-0.2, -0.15) is 18.3 Å². The maximum absolute atomic E-state index is 13.9. The van der Waals surface area contributed by atoms with Gasteiger partial charge in [-0.25, -0.2) is 14.3 Å². The van der Waals surface area contributed by atoms with E-state index in [1.165, 1.54) is 17.8 Å². The molecule has 1 aliphatic rings. The standard InChI is InChI=1S/C24H20Cl3F3N6O4/c1-10-31-23(36(33-10)17-7-12(25)3-4-13(17)24(28,29)30)22-21(39)19(20(38)18(9-37)40-22)35-8-16(32-34-35)11-2-5-14(26)15(27)6-11/h2-8,18-22,37-39H,9H2,1H3/t18-,19+,20+,21-,22-/m1/s1. The van der Waals surface area contributed by atoms with Crippen molar-refractivity contribution in [1.29, 1.82) is 0 Å². The van der Waals surface area contributed by atoms with Gasteiger partial charge in [0.25, 0.3) is 0 Å². The maximum Gasteiger partial charge on any atom is 0.418 e. The molecule has 0 aliphatic carbocycles. The summed E-state index contributed by atoms with van der Waals surface area (Å²) in [6.07, 6.45) is -9.18. The van der Waals surface area contributed by atoms with Crippen LogP contribution in [0.3, 0.4) is 0 Å². The monoisotopic (exact) mass is 618 g/mol. The van der Waals surface area contributed by atoms with Crippen molar-refractivity contribution in [1.82, 2.24) is 29.8 Å². The normalized spacial score (nSPS) is 23.5. The lowest BCUT2D eigenvalue weighted by Gasteiger charge is -2.41. The zero-order valence-corrected chi connectivity index (χ0v) is 22.6. The van der Waals surface area contributed by atoms with Gasteiger partial charge in [0, 0.05) is 10.6 Å². The van der Waals surface area contributed by atoms with Crippen molar-refractivity contribution < 1.29 is 33.2 Å². The third-order valence-corrected chi connectivity index (χ3v) is 7.38. The number of aryl methyl sites for hydroxylation is 1. The first-order valence-electron chi connectivity index (χ1n) is 11.7. The summed E-state index contributed by atoms with van der Waals surface area (Å²) >= 11 is 18.1. The molecule has 0 unspecified atom stereocenters. The van der Waals surface area contributed by atoms with Crippen molar-refractivity contribution in [3.8, 4) is 16.9 Å². The van der Waals surface area contributed by atoms with Crippen LogP contribution in [0.1, 0.15) is 29.4 Å².